The van der Waals surface area contributed by atoms with Crippen molar-refractivity contribution in [3.8, 4) is 0 Å². The molecule has 2 rings (SSSR count). The summed E-state index contributed by atoms with van der Waals surface area (Å²) in [7, 11) is 3.99. The fraction of sp³-hybridized carbons (Fsp3) is 0.467. The van der Waals surface area contributed by atoms with Crippen LogP contribution in [-0.4, -0.2) is 21.8 Å². The van der Waals surface area contributed by atoms with E-state index in [1.165, 1.54) is 22.4 Å². The van der Waals surface area contributed by atoms with Crippen LogP contribution >= 0.6 is 0 Å². The topological polar surface area (TPSA) is 42.7 Å². The summed E-state index contributed by atoms with van der Waals surface area (Å²) in [6, 6.07) is 2.46. The lowest BCUT2D eigenvalue weighted by atomic mass is 9.98. The van der Waals surface area contributed by atoms with E-state index in [2.05, 4.69) is 42.2 Å². The van der Waals surface area contributed by atoms with Crippen LogP contribution in [0.25, 0.3) is 0 Å². The summed E-state index contributed by atoms with van der Waals surface area (Å²) in [6.07, 6.45) is 4.76. The van der Waals surface area contributed by atoms with Crippen LogP contribution in [0.2, 0.25) is 0 Å². The van der Waals surface area contributed by atoms with E-state index in [-0.39, 0.29) is 6.04 Å². The Bertz CT molecular complexity index is 572. The van der Waals surface area contributed by atoms with Gasteiger partial charge < -0.3 is 5.32 Å². The first-order valence-electron chi connectivity index (χ1n) is 6.60. The molecule has 0 spiro atoms. The number of likely N-dealkylation sites (N-methyl/N-ethyl adjacent to an activating group) is 1. The van der Waals surface area contributed by atoms with Gasteiger partial charge in [0.2, 0.25) is 0 Å². The van der Waals surface area contributed by atoms with Crippen molar-refractivity contribution in [3.63, 3.8) is 0 Å². The molecule has 102 valence electrons. The Morgan fingerprint density at radius 1 is 1.26 bits per heavy atom. The van der Waals surface area contributed by atoms with Gasteiger partial charge in [-0.1, -0.05) is 6.07 Å². The predicted octanol–water partition coefficient (Wildman–Crippen LogP) is 2.24. The van der Waals surface area contributed by atoms with Gasteiger partial charge >= 0.3 is 0 Å². The Kier molecular flexibility index (Phi) is 4.00. The van der Waals surface area contributed by atoms with Gasteiger partial charge in [-0.2, -0.15) is 5.10 Å². The Hall–Kier alpha value is -1.68. The summed E-state index contributed by atoms with van der Waals surface area (Å²) in [4.78, 5) is 4.28. The molecular formula is C15H22N4. The third-order valence-corrected chi connectivity index (χ3v) is 3.71. The smallest absolute Gasteiger partial charge is 0.0629 e. The molecule has 0 bridgehead atoms. The Balaban J connectivity index is 2.29. The quantitative estimate of drug-likeness (QED) is 0.914. The molecule has 0 aromatic carbocycles. The summed E-state index contributed by atoms with van der Waals surface area (Å²) in [5.41, 5.74) is 6.09. The number of aryl methyl sites for hydroxylation is 3. The highest BCUT2D eigenvalue weighted by molar-refractivity contribution is 5.29. The third-order valence-electron chi connectivity index (χ3n) is 3.71. The molecule has 1 N–H and O–H groups in total. The molecule has 0 fully saturated rings. The zero-order valence-electron chi connectivity index (χ0n) is 12.4. The van der Waals surface area contributed by atoms with Crippen molar-refractivity contribution in [3.05, 3.63) is 46.5 Å². The number of pyridine rings is 1. The maximum atomic E-state index is 4.48. The van der Waals surface area contributed by atoms with Crippen LogP contribution in [0.3, 0.4) is 0 Å². The molecule has 2 aromatic heterocycles. The van der Waals surface area contributed by atoms with E-state index in [0.29, 0.717) is 0 Å². The molecule has 1 unspecified atom stereocenters. The third kappa shape index (κ3) is 2.84. The van der Waals surface area contributed by atoms with Gasteiger partial charge in [0.15, 0.2) is 0 Å². The lowest BCUT2D eigenvalue weighted by Crippen LogP contribution is -2.19. The molecule has 0 amide bonds. The molecule has 1 atom stereocenters. The molecule has 0 aliphatic heterocycles. The van der Waals surface area contributed by atoms with E-state index in [0.717, 1.165) is 12.1 Å². The second kappa shape index (κ2) is 5.53. The van der Waals surface area contributed by atoms with Crippen LogP contribution in [0.5, 0.6) is 0 Å². The van der Waals surface area contributed by atoms with Crippen molar-refractivity contribution in [2.45, 2.75) is 33.2 Å². The average Bonchev–Trinajstić information content (AvgIpc) is 2.61. The number of hydrogen-bond donors (Lipinski definition) is 1. The van der Waals surface area contributed by atoms with E-state index in [1.807, 2.05) is 31.2 Å². The van der Waals surface area contributed by atoms with E-state index in [1.54, 1.807) is 0 Å². The van der Waals surface area contributed by atoms with Crippen molar-refractivity contribution in [2.75, 3.05) is 7.05 Å². The molecule has 0 aliphatic carbocycles. The van der Waals surface area contributed by atoms with Gasteiger partial charge in [-0.05, 0) is 50.9 Å². The zero-order valence-corrected chi connectivity index (χ0v) is 12.4. The number of aromatic nitrogens is 3. The summed E-state index contributed by atoms with van der Waals surface area (Å²) in [5, 5.41) is 7.86. The molecular weight excluding hydrogens is 236 g/mol. The highest BCUT2D eigenvalue weighted by atomic mass is 15.3. The second-order valence-corrected chi connectivity index (χ2v) is 5.11. The number of nitrogens with one attached hydrogen (secondary N) is 1. The zero-order chi connectivity index (χ0) is 14.0. The van der Waals surface area contributed by atoms with Crippen molar-refractivity contribution < 1.29 is 0 Å². The molecule has 2 heterocycles. The molecule has 2 aromatic rings. The van der Waals surface area contributed by atoms with Crippen LogP contribution < -0.4 is 5.32 Å². The molecule has 19 heavy (non-hydrogen) atoms. The van der Waals surface area contributed by atoms with Gasteiger partial charge in [0.1, 0.15) is 0 Å². The normalized spacial score (nSPS) is 12.7. The van der Waals surface area contributed by atoms with Gasteiger partial charge in [-0.25, -0.2) is 0 Å². The lowest BCUT2D eigenvalue weighted by Gasteiger charge is -2.17. The van der Waals surface area contributed by atoms with Gasteiger partial charge in [-0.15, -0.1) is 0 Å². The van der Waals surface area contributed by atoms with Crippen molar-refractivity contribution in [2.24, 2.45) is 7.05 Å². The average molecular weight is 258 g/mol. The first-order valence-corrected chi connectivity index (χ1v) is 6.60. The molecule has 0 radical (unpaired) electrons. The highest BCUT2D eigenvalue weighted by Crippen LogP contribution is 2.22. The largest absolute Gasteiger partial charge is 0.313 e. The maximum absolute atomic E-state index is 4.48. The summed E-state index contributed by atoms with van der Waals surface area (Å²) in [6.45, 7) is 6.27. The van der Waals surface area contributed by atoms with Crippen molar-refractivity contribution >= 4 is 0 Å². The predicted molar refractivity (Wildman–Crippen MR) is 77.2 cm³/mol. The monoisotopic (exact) mass is 258 g/mol. The van der Waals surface area contributed by atoms with Crippen LogP contribution in [-0.2, 0) is 13.5 Å². The minimum Gasteiger partial charge on any atom is -0.313 e. The Morgan fingerprint density at radius 2 is 2.00 bits per heavy atom. The van der Waals surface area contributed by atoms with E-state index in [9.17, 15) is 0 Å². The van der Waals surface area contributed by atoms with Gasteiger partial charge in [0.25, 0.3) is 0 Å². The van der Waals surface area contributed by atoms with Crippen LogP contribution in [0.4, 0.5) is 0 Å². The van der Waals surface area contributed by atoms with Gasteiger partial charge in [0.05, 0.1) is 5.69 Å². The van der Waals surface area contributed by atoms with Gasteiger partial charge in [-0.3, -0.25) is 9.67 Å². The van der Waals surface area contributed by atoms with Crippen LogP contribution in [0.1, 0.15) is 34.1 Å². The summed E-state index contributed by atoms with van der Waals surface area (Å²) < 4.78 is 1.95. The highest BCUT2D eigenvalue weighted by Gasteiger charge is 2.16. The molecule has 0 saturated carbocycles. The molecule has 0 aliphatic rings. The number of hydrogen-bond acceptors (Lipinski definition) is 3. The minimum atomic E-state index is 0.272. The van der Waals surface area contributed by atoms with Crippen molar-refractivity contribution in [1.82, 2.24) is 20.1 Å². The molecule has 4 nitrogen and oxygen atoms in total. The van der Waals surface area contributed by atoms with Gasteiger partial charge in [0, 0.05) is 31.2 Å². The Morgan fingerprint density at radius 3 is 2.53 bits per heavy atom. The van der Waals surface area contributed by atoms with E-state index < -0.39 is 0 Å². The number of rotatable bonds is 4. The van der Waals surface area contributed by atoms with E-state index >= 15 is 0 Å². The number of nitrogens with zero attached hydrogens (tertiary/aromatic N) is 3. The summed E-state index contributed by atoms with van der Waals surface area (Å²) in [5.74, 6) is 0. The molecule has 0 saturated heterocycles. The minimum absolute atomic E-state index is 0.272. The Labute approximate surface area is 114 Å². The fourth-order valence-corrected chi connectivity index (χ4v) is 2.47. The second-order valence-electron chi connectivity index (χ2n) is 5.11. The fourth-order valence-electron chi connectivity index (χ4n) is 2.47. The lowest BCUT2D eigenvalue weighted by molar-refractivity contribution is 0.586. The van der Waals surface area contributed by atoms with Crippen molar-refractivity contribution in [1.29, 1.82) is 0 Å². The standard InChI is InChI=1S/C15H22N4/c1-10-6-13(9-17-8-10)15(16-4)7-14-11(2)18-19(5)12(14)3/h6,8-9,15-16H,7H2,1-5H3. The first-order chi connectivity index (χ1) is 9.02. The SMILES string of the molecule is CNC(Cc1c(C)nn(C)c1C)c1cncc(C)c1. The molecule has 4 heteroatoms. The van der Waals surface area contributed by atoms with Crippen LogP contribution in [0, 0.1) is 20.8 Å². The van der Waals surface area contributed by atoms with E-state index in [4.69, 9.17) is 0 Å². The first kappa shape index (κ1) is 13.7. The maximum Gasteiger partial charge on any atom is 0.0629 e. The summed E-state index contributed by atoms with van der Waals surface area (Å²) >= 11 is 0. The van der Waals surface area contributed by atoms with Crippen LogP contribution in [0.15, 0.2) is 18.5 Å².